The zero-order valence-electron chi connectivity index (χ0n) is 11.3. The normalized spacial score (nSPS) is 10.2. The van der Waals surface area contributed by atoms with E-state index in [4.69, 9.17) is 4.74 Å². The van der Waals surface area contributed by atoms with Gasteiger partial charge in [0.1, 0.15) is 11.6 Å². The highest BCUT2D eigenvalue weighted by Crippen LogP contribution is 2.16. The molecule has 0 atom stereocenters. The molecule has 0 unspecified atom stereocenters. The SMILES string of the molecule is Cc1ccccc1OCC(=O)Nc1ccc(I)c(C)n1. The van der Waals surface area contributed by atoms with E-state index in [1.807, 2.05) is 44.2 Å². The second-order valence-corrected chi connectivity index (χ2v) is 5.53. The van der Waals surface area contributed by atoms with Gasteiger partial charge in [-0.25, -0.2) is 4.98 Å². The van der Waals surface area contributed by atoms with Gasteiger partial charge in [0.2, 0.25) is 0 Å². The average molecular weight is 382 g/mol. The molecule has 0 aliphatic heterocycles. The Morgan fingerprint density at radius 3 is 2.70 bits per heavy atom. The maximum Gasteiger partial charge on any atom is 0.263 e. The third kappa shape index (κ3) is 3.93. The average Bonchev–Trinajstić information content (AvgIpc) is 2.42. The number of ether oxygens (including phenoxy) is 1. The number of nitrogens with zero attached hydrogens (tertiary/aromatic N) is 1. The second-order valence-electron chi connectivity index (χ2n) is 4.37. The van der Waals surface area contributed by atoms with Gasteiger partial charge in [0.05, 0.1) is 5.69 Å². The van der Waals surface area contributed by atoms with E-state index in [0.29, 0.717) is 5.82 Å². The van der Waals surface area contributed by atoms with Crippen LogP contribution in [0, 0.1) is 17.4 Å². The van der Waals surface area contributed by atoms with Crippen LogP contribution in [0.3, 0.4) is 0 Å². The fraction of sp³-hybridized carbons (Fsp3) is 0.200. The van der Waals surface area contributed by atoms with Crippen LogP contribution in [-0.4, -0.2) is 17.5 Å². The van der Waals surface area contributed by atoms with Crippen molar-refractivity contribution in [1.29, 1.82) is 0 Å². The summed E-state index contributed by atoms with van der Waals surface area (Å²) >= 11 is 2.20. The Labute approximate surface area is 131 Å². The van der Waals surface area contributed by atoms with Gasteiger partial charge in [0.15, 0.2) is 6.61 Å². The number of rotatable bonds is 4. The number of carbonyl (C=O) groups is 1. The van der Waals surface area contributed by atoms with Crippen LogP contribution in [0.1, 0.15) is 11.3 Å². The minimum absolute atomic E-state index is 0.0302. The Kier molecular flexibility index (Phi) is 4.94. The zero-order valence-corrected chi connectivity index (χ0v) is 13.5. The number of hydrogen-bond acceptors (Lipinski definition) is 3. The highest BCUT2D eigenvalue weighted by Gasteiger charge is 2.06. The highest BCUT2D eigenvalue weighted by atomic mass is 127. The number of carbonyl (C=O) groups excluding carboxylic acids is 1. The quantitative estimate of drug-likeness (QED) is 0.826. The number of anilines is 1. The second kappa shape index (κ2) is 6.69. The standard InChI is InChI=1S/C15H15IN2O2/c1-10-5-3-4-6-13(10)20-9-15(19)18-14-8-7-12(16)11(2)17-14/h3-8H,9H2,1-2H3,(H,17,18,19). The molecule has 5 heteroatoms. The fourth-order valence-corrected chi connectivity index (χ4v) is 1.95. The lowest BCUT2D eigenvalue weighted by Gasteiger charge is -2.09. The Bertz CT molecular complexity index is 629. The van der Waals surface area contributed by atoms with Crippen molar-refractivity contribution in [3.05, 3.63) is 51.2 Å². The number of benzene rings is 1. The van der Waals surface area contributed by atoms with Gasteiger partial charge in [0.25, 0.3) is 5.91 Å². The van der Waals surface area contributed by atoms with Gasteiger partial charge in [-0.05, 0) is 60.2 Å². The molecule has 0 saturated carbocycles. The van der Waals surface area contributed by atoms with Crippen molar-refractivity contribution in [2.75, 3.05) is 11.9 Å². The number of pyridine rings is 1. The summed E-state index contributed by atoms with van der Waals surface area (Å²) < 4.78 is 6.55. The van der Waals surface area contributed by atoms with Gasteiger partial charge >= 0.3 is 0 Å². The van der Waals surface area contributed by atoms with Crippen LogP contribution < -0.4 is 10.1 Å². The van der Waals surface area contributed by atoms with Gasteiger partial charge in [0, 0.05) is 3.57 Å². The van der Waals surface area contributed by atoms with Crippen molar-refractivity contribution in [1.82, 2.24) is 4.98 Å². The van der Waals surface area contributed by atoms with E-state index in [1.165, 1.54) is 0 Å². The smallest absolute Gasteiger partial charge is 0.263 e. The number of nitrogens with one attached hydrogen (secondary N) is 1. The van der Waals surface area contributed by atoms with E-state index >= 15 is 0 Å². The molecule has 0 spiro atoms. The predicted octanol–water partition coefficient (Wildman–Crippen LogP) is 3.32. The van der Waals surface area contributed by atoms with Gasteiger partial charge < -0.3 is 10.1 Å². The molecule has 1 amide bonds. The first-order valence-corrected chi connectivity index (χ1v) is 7.25. The van der Waals surface area contributed by atoms with Gasteiger partial charge in [-0.3, -0.25) is 4.79 Å². The lowest BCUT2D eigenvalue weighted by Crippen LogP contribution is -2.21. The van der Waals surface area contributed by atoms with Crippen molar-refractivity contribution in [2.45, 2.75) is 13.8 Å². The van der Waals surface area contributed by atoms with Crippen molar-refractivity contribution in [2.24, 2.45) is 0 Å². The molecule has 0 bridgehead atoms. The summed E-state index contributed by atoms with van der Waals surface area (Å²) in [5, 5.41) is 2.72. The van der Waals surface area contributed by atoms with E-state index in [9.17, 15) is 4.79 Å². The molecule has 1 aromatic heterocycles. The lowest BCUT2D eigenvalue weighted by atomic mass is 10.2. The molecule has 2 rings (SSSR count). The Morgan fingerprint density at radius 2 is 2.00 bits per heavy atom. The van der Waals surface area contributed by atoms with E-state index < -0.39 is 0 Å². The van der Waals surface area contributed by atoms with Crippen LogP contribution in [0.2, 0.25) is 0 Å². The van der Waals surface area contributed by atoms with Crippen molar-refractivity contribution >= 4 is 34.3 Å². The van der Waals surface area contributed by atoms with E-state index in [0.717, 1.165) is 20.6 Å². The summed E-state index contributed by atoms with van der Waals surface area (Å²) in [4.78, 5) is 16.1. The third-order valence-electron chi connectivity index (χ3n) is 2.74. The van der Waals surface area contributed by atoms with Crippen LogP contribution in [0.4, 0.5) is 5.82 Å². The Hall–Kier alpha value is -1.63. The third-order valence-corrected chi connectivity index (χ3v) is 3.88. The number of aryl methyl sites for hydroxylation is 2. The molecule has 4 nitrogen and oxygen atoms in total. The summed E-state index contributed by atoms with van der Waals surface area (Å²) in [7, 11) is 0. The zero-order chi connectivity index (χ0) is 14.5. The number of hydrogen-bond donors (Lipinski definition) is 1. The van der Waals surface area contributed by atoms with E-state index in [2.05, 4.69) is 32.9 Å². The Morgan fingerprint density at radius 1 is 1.25 bits per heavy atom. The first-order chi connectivity index (χ1) is 9.56. The van der Waals surface area contributed by atoms with Crippen molar-refractivity contribution in [3.63, 3.8) is 0 Å². The molecule has 1 N–H and O–H groups in total. The first-order valence-electron chi connectivity index (χ1n) is 6.17. The molecule has 2 aromatic rings. The van der Waals surface area contributed by atoms with Crippen LogP contribution in [-0.2, 0) is 4.79 Å². The summed E-state index contributed by atoms with van der Waals surface area (Å²) in [6.07, 6.45) is 0. The maximum atomic E-state index is 11.8. The predicted molar refractivity (Wildman–Crippen MR) is 87.0 cm³/mol. The van der Waals surface area contributed by atoms with Gasteiger partial charge in [-0.1, -0.05) is 18.2 Å². The highest BCUT2D eigenvalue weighted by molar-refractivity contribution is 14.1. The van der Waals surface area contributed by atoms with Crippen LogP contribution in [0.25, 0.3) is 0 Å². The van der Waals surface area contributed by atoms with Gasteiger partial charge in [-0.2, -0.15) is 0 Å². The molecule has 1 aromatic carbocycles. The summed E-state index contributed by atoms with van der Waals surface area (Å²) in [6.45, 7) is 3.82. The molecule has 0 fully saturated rings. The minimum Gasteiger partial charge on any atom is -0.483 e. The van der Waals surface area contributed by atoms with Crippen molar-refractivity contribution < 1.29 is 9.53 Å². The number of halogens is 1. The molecule has 1 heterocycles. The summed E-state index contributed by atoms with van der Waals surface area (Å²) in [6, 6.07) is 11.3. The monoisotopic (exact) mass is 382 g/mol. The van der Waals surface area contributed by atoms with Crippen LogP contribution >= 0.6 is 22.6 Å². The molecular weight excluding hydrogens is 367 g/mol. The largest absolute Gasteiger partial charge is 0.483 e. The number of para-hydroxylation sites is 1. The molecule has 0 saturated heterocycles. The molecule has 104 valence electrons. The minimum atomic E-state index is -0.221. The molecule has 0 aliphatic rings. The summed E-state index contributed by atoms with van der Waals surface area (Å²) in [5.74, 6) is 1.04. The number of aromatic nitrogens is 1. The topological polar surface area (TPSA) is 51.2 Å². The summed E-state index contributed by atoms with van der Waals surface area (Å²) in [5.41, 5.74) is 1.90. The maximum absolute atomic E-state index is 11.8. The van der Waals surface area contributed by atoms with Crippen molar-refractivity contribution in [3.8, 4) is 5.75 Å². The Balaban J connectivity index is 1.93. The molecule has 20 heavy (non-hydrogen) atoms. The molecular formula is C15H15IN2O2. The fourth-order valence-electron chi connectivity index (χ4n) is 1.65. The first kappa shape index (κ1) is 14.8. The van der Waals surface area contributed by atoms with Crippen LogP contribution in [0.5, 0.6) is 5.75 Å². The van der Waals surface area contributed by atoms with E-state index in [1.54, 1.807) is 6.07 Å². The van der Waals surface area contributed by atoms with Crippen LogP contribution in [0.15, 0.2) is 36.4 Å². The van der Waals surface area contributed by atoms with Gasteiger partial charge in [-0.15, -0.1) is 0 Å². The molecule has 0 aliphatic carbocycles. The lowest BCUT2D eigenvalue weighted by molar-refractivity contribution is -0.118. The molecule has 0 radical (unpaired) electrons. The van der Waals surface area contributed by atoms with E-state index in [-0.39, 0.29) is 12.5 Å². The number of amides is 1.